The molecule has 0 bridgehead atoms. The van der Waals surface area contributed by atoms with E-state index in [1.54, 1.807) is 34.8 Å². The van der Waals surface area contributed by atoms with Crippen LogP contribution in [0.1, 0.15) is 24.7 Å². The number of aryl methyl sites for hydroxylation is 1. The van der Waals surface area contributed by atoms with Crippen LogP contribution in [0.25, 0.3) is 11.2 Å². The summed E-state index contributed by atoms with van der Waals surface area (Å²) in [4.78, 5) is 9.17. The van der Waals surface area contributed by atoms with E-state index in [-0.39, 0.29) is 11.7 Å². The van der Waals surface area contributed by atoms with Gasteiger partial charge in [0, 0.05) is 37.3 Å². The molecule has 1 atom stereocenters. The van der Waals surface area contributed by atoms with Crippen LogP contribution < -0.4 is 0 Å². The molecule has 1 aliphatic heterocycles. The molecule has 3 aromatic rings. The molecule has 3 heterocycles. The highest BCUT2D eigenvalue weighted by atomic mass is 35.5. The number of imidazole rings is 1. The van der Waals surface area contributed by atoms with Gasteiger partial charge in [0.2, 0.25) is 10.0 Å². The van der Waals surface area contributed by atoms with Gasteiger partial charge in [-0.3, -0.25) is 0 Å². The van der Waals surface area contributed by atoms with Crippen LogP contribution in [0.15, 0.2) is 42.6 Å². The minimum Gasteiger partial charge on any atom is -0.313 e. The Hall–Kier alpha value is -1.96. The van der Waals surface area contributed by atoms with Gasteiger partial charge >= 0.3 is 0 Å². The summed E-state index contributed by atoms with van der Waals surface area (Å²) in [7, 11) is -3.36. The van der Waals surface area contributed by atoms with Gasteiger partial charge < -0.3 is 4.57 Å². The first-order valence-corrected chi connectivity index (χ1v) is 11.5. The smallest absolute Gasteiger partial charge is 0.218 e. The fourth-order valence-electron chi connectivity index (χ4n) is 3.90. The molecule has 0 spiro atoms. The van der Waals surface area contributed by atoms with E-state index in [1.807, 2.05) is 12.1 Å². The summed E-state index contributed by atoms with van der Waals surface area (Å²) >= 11 is 5.99. The monoisotopic (exact) mass is 418 g/mol. The van der Waals surface area contributed by atoms with Crippen LogP contribution in [-0.2, 0) is 28.7 Å². The highest BCUT2D eigenvalue weighted by molar-refractivity contribution is 7.88. The van der Waals surface area contributed by atoms with Crippen molar-refractivity contribution in [1.82, 2.24) is 18.8 Å². The number of rotatable bonds is 6. The Morgan fingerprint density at radius 3 is 2.89 bits per heavy atom. The number of fused-ring (bicyclic) bond motifs is 1. The summed E-state index contributed by atoms with van der Waals surface area (Å²) in [6, 6.07) is 10.9. The second-order valence-electron chi connectivity index (χ2n) is 7.22. The standard InChI is InChI=1S/C20H23ClN4O2S/c1-2-25-19(23-18-7-4-9-22-20(18)25)12-15-8-10-24(13-15)28(26,27)14-16-5-3-6-17(21)11-16/h3-7,9,11,15H,2,8,10,12-14H2,1H3/t15-/m1/s1. The molecule has 0 unspecified atom stereocenters. The number of benzene rings is 1. The highest BCUT2D eigenvalue weighted by Gasteiger charge is 2.32. The van der Waals surface area contributed by atoms with Crippen molar-refractivity contribution >= 4 is 32.8 Å². The summed E-state index contributed by atoms with van der Waals surface area (Å²) < 4.78 is 29.4. The third-order valence-electron chi connectivity index (χ3n) is 5.25. The molecular weight excluding hydrogens is 396 g/mol. The molecular formula is C20H23ClN4O2S. The van der Waals surface area contributed by atoms with E-state index in [9.17, 15) is 8.42 Å². The first-order chi connectivity index (χ1) is 13.5. The molecule has 148 valence electrons. The maximum Gasteiger partial charge on any atom is 0.218 e. The lowest BCUT2D eigenvalue weighted by molar-refractivity contribution is 0.450. The van der Waals surface area contributed by atoms with E-state index >= 15 is 0 Å². The largest absolute Gasteiger partial charge is 0.313 e. The Morgan fingerprint density at radius 1 is 1.25 bits per heavy atom. The summed E-state index contributed by atoms with van der Waals surface area (Å²) in [5.74, 6) is 1.23. The summed E-state index contributed by atoms with van der Waals surface area (Å²) in [6.07, 6.45) is 3.38. The second-order valence-corrected chi connectivity index (χ2v) is 9.63. The minimum atomic E-state index is -3.36. The SMILES string of the molecule is CCn1c(C[C@H]2CCN(S(=O)(=O)Cc3cccc(Cl)c3)C2)nc2cccnc21. The fourth-order valence-corrected chi connectivity index (χ4v) is 5.71. The summed E-state index contributed by atoms with van der Waals surface area (Å²) in [5, 5.41) is 0.555. The summed E-state index contributed by atoms with van der Waals surface area (Å²) in [6.45, 7) is 3.96. The molecule has 8 heteroatoms. The number of sulfonamides is 1. The van der Waals surface area contributed by atoms with Gasteiger partial charge in [0.05, 0.1) is 5.75 Å². The van der Waals surface area contributed by atoms with Gasteiger partial charge in [-0.25, -0.2) is 22.7 Å². The number of nitrogens with zero attached hydrogens (tertiary/aromatic N) is 4. The van der Waals surface area contributed by atoms with E-state index < -0.39 is 10.0 Å². The van der Waals surface area contributed by atoms with Crippen LogP contribution in [0.5, 0.6) is 0 Å². The number of pyridine rings is 1. The van der Waals surface area contributed by atoms with Crippen LogP contribution in [-0.4, -0.2) is 40.3 Å². The first-order valence-electron chi connectivity index (χ1n) is 9.48. The lowest BCUT2D eigenvalue weighted by atomic mass is 10.0. The Bertz CT molecular complexity index is 1100. The molecule has 0 radical (unpaired) electrons. The van der Waals surface area contributed by atoms with E-state index in [1.165, 1.54) is 0 Å². The van der Waals surface area contributed by atoms with Crippen molar-refractivity contribution < 1.29 is 8.42 Å². The normalized spacial score (nSPS) is 18.1. The topological polar surface area (TPSA) is 68.1 Å². The lowest BCUT2D eigenvalue weighted by Crippen LogP contribution is -2.30. The van der Waals surface area contributed by atoms with Crippen molar-refractivity contribution in [2.75, 3.05) is 13.1 Å². The molecule has 4 rings (SSSR count). The molecule has 0 amide bonds. The molecule has 1 saturated heterocycles. The van der Waals surface area contributed by atoms with E-state index in [4.69, 9.17) is 16.6 Å². The Kier molecular flexibility index (Phi) is 5.40. The Balaban J connectivity index is 1.47. The molecule has 0 N–H and O–H groups in total. The number of halogens is 1. The van der Waals surface area contributed by atoms with Crippen molar-refractivity contribution in [2.24, 2.45) is 5.92 Å². The predicted octanol–water partition coefficient (Wildman–Crippen LogP) is 3.50. The second kappa shape index (κ2) is 7.81. The van der Waals surface area contributed by atoms with Gasteiger partial charge in [-0.2, -0.15) is 0 Å². The van der Waals surface area contributed by atoms with E-state index in [0.29, 0.717) is 18.1 Å². The molecule has 1 aromatic carbocycles. The fraction of sp³-hybridized carbons (Fsp3) is 0.400. The van der Waals surface area contributed by atoms with Gasteiger partial charge in [-0.1, -0.05) is 23.7 Å². The molecule has 1 aliphatic rings. The van der Waals surface area contributed by atoms with Gasteiger partial charge in [0.25, 0.3) is 0 Å². The van der Waals surface area contributed by atoms with Crippen molar-refractivity contribution in [1.29, 1.82) is 0 Å². The van der Waals surface area contributed by atoms with Gasteiger partial charge in [0.15, 0.2) is 5.65 Å². The van der Waals surface area contributed by atoms with Gasteiger partial charge in [-0.15, -0.1) is 0 Å². The summed E-state index contributed by atoms with van der Waals surface area (Å²) in [5.41, 5.74) is 2.50. The third kappa shape index (κ3) is 3.92. The van der Waals surface area contributed by atoms with Crippen LogP contribution >= 0.6 is 11.6 Å². The van der Waals surface area contributed by atoms with Crippen LogP contribution in [0.2, 0.25) is 5.02 Å². The lowest BCUT2D eigenvalue weighted by Gasteiger charge is -2.17. The predicted molar refractivity (Wildman–Crippen MR) is 111 cm³/mol. The highest BCUT2D eigenvalue weighted by Crippen LogP contribution is 2.26. The molecule has 1 fully saturated rings. The van der Waals surface area contributed by atoms with Gasteiger partial charge in [0.1, 0.15) is 11.3 Å². The number of aromatic nitrogens is 3. The zero-order valence-electron chi connectivity index (χ0n) is 15.8. The average Bonchev–Trinajstić information content (AvgIpc) is 3.26. The third-order valence-corrected chi connectivity index (χ3v) is 7.30. The van der Waals surface area contributed by atoms with Crippen LogP contribution in [0.3, 0.4) is 0 Å². The quantitative estimate of drug-likeness (QED) is 0.614. The zero-order valence-corrected chi connectivity index (χ0v) is 17.3. The Labute approximate surface area is 170 Å². The molecule has 0 saturated carbocycles. The first kappa shape index (κ1) is 19.4. The van der Waals surface area contributed by atoms with Crippen molar-refractivity contribution in [3.63, 3.8) is 0 Å². The molecule has 28 heavy (non-hydrogen) atoms. The maximum absolute atomic E-state index is 12.8. The Morgan fingerprint density at radius 2 is 2.11 bits per heavy atom. The van der Waals surface area contributed by atoms with E-state index in [0.717, 1.165) is 41.9 Å². The average molecular weight is 419 g/mol. The van der Waals surface area contributed by atoms with Crippen LogP contribution in [0, 0.1) is 5.92 Å². The zero-order chi connectivity index (χ0) is 19.7. The van der Waals surface area contributed by atoms with E-state index in [2.05, 4.69) is 16.5 Å². The number of hydrogen-bond acceptors (Lipinski definition) is 4. The number of hydrogen-bond donors (Lipinski definition) is 0. The van der Waals surface area contributed by atoms with Crippen molar-refractivity contribution in [3.8, 4) is 0 Å². The minimum absolute atomic E-state index is 0.0162. The maximum atomic E-state index is 12.8. The molecule has 6 nitrogen and oxygen atoms in total. The van der Waals surface area contributed by atoms with Crippen LogP contribution in [0.4, 0.5) is 0 Å². The molecule has 2 aromatic heterocycles. The van der Waals surface area contributed by atoms with Gasteiger partial charge in [-0.05, 0) is 49.1 Å². The van der Waals surface area contributed by atoms with Crippen molar-refractivity contribution in [2.45, 2.75) is 32.1 Å². The molecule has 0 aliphatic carbocycles. The van der Waals surface area contributed by atoms with Crippen molar-refractivity contribution in [3.05, 3.63) is 59.0 Å².